The number of terminal acetylenes is 1. The average molecular weight is 234 g/mol. The Morgan fingerprint density at radius 2 is 2.12 bits per heavy atom. The van der Waals surface area contributed by atoms with Gasteiger partial charge in [0.05, 0.1) is 0 Å². The number of nitrogens with one attached hydrogen (secondary N) is 1. The van der Waals surface area contributed by atoms with Gasteiger partial charge in [-0.05, 0) is 19.3 Å². The van der Waals surface area contributed by atoms with Crippen molar-refractivity contribution in [3.63, 3.8) is 0 Å². The van der Waals surface area contributed by atoms with E-state index < -0.39 is 0 Å². The lowest BCUT2D eigenvalue weighted by molar-refractivity contribution is 0.0676. The first-order valence-electron chi connectivity index (χ1n) is 7.22. The van der Waals surface area contributed by atoms with Crippen molar-refractivity contribution in [1.29, 1.82) is 0 Å². The molecule has 96 valence electrons. The zero-order valence-corrected chi connectivity index (χ0v) is 11.2. The van der Waals surface area contributed by atoms with Gasteiger partial charge >= 0.3 is 0 Å². The third-order valence-electron chi connectivity index (χ3n) is 4.56. The fraction of sp³-hybridized carbons (Fsp3) is 0.867. The van der Waals surface area contributed by atoms with E-state index in [1.54, 1.807) is 0 Å². The molecule has 2 nitrogen and oxygen atoms in total. The van der Waals surface area contributed by atoms with E-state index in [4.69, 9.17) is 6.42 Å². The van der Waals surface area contributed by atoms with Crippen LogP contribution in [0.4, 0.5) is 0 Å². The molecule has 0 bridgehead atoms. The Kier molecular flexibility index (Phi) is 4.48. The summed E-state index contributed by atoms with van der Waals surface area (Å²) >= 11 is 0. The molecule has 17 heavy (non-hydrogen) atoms. The largest absolute Gasteiger partial charge is 0.309 e. The molecule has 1 aliphatic carbocycles. The van der Waals surface area contributed by atoms with Gasteiger partial charge in [0.15, 0.2) is 0 Å². The highest BCUT2D eigenvalue weighted by atomic mass is 15.2. The standard InChI is InChI=1S/C15H26N2/c1-3-8-14(4-2)17-12-11-16-15(13-17)9-6-5-7-10-15/h1,14,16H,4-13H2,2H3. The van der Waals surface area contributed by atoms with Crippen LogP contribution in [-0.2, 0) is 0 Å². The highest BCUT2D eigenvalue weighted by Crippen LogP contribution is 2.31. The van der Waals surface area contributed by atoms with E-state index in [-0.39, 0.29) is 0 Å². The average Bonchev–Trinajstić information content (AvgIpc) is 2.37. The Labute approximate surface area is 106 Å². The number of piperazine rings is 1. The molecule has 0 amide bonds. The van der Waals surface area contributed by atoms with Gasteiger partial charge in [0.2, 0.25) is 0 Å². The lowest BCUT2D eigenvalue weighted by Crippen LogP contribution is -2.62. The maximum Gasteiger partial charge on any atom is 0.0309 e. The molecule has 2 rings (SSSR count). The van der Waals surface area contributed by atoms with E-state index in [1.807, 2.05) is 0 Å². The topological polar surface area (TPSA) is 15.3 Å². The Morgan fingerprint density at radius 3 is 2.76 bits per heavy atom. The molecule has 0 radical (unpaired) electrons. The van der Waals surface area contributed by atoms with Gasteiger partial charge in [-0.2, -0.15) is 0 Å². The summed E-state index contributed by atoms with van der Waals surface area (Å²) in [4.78, 5) is 2.64. The van der Waals surface area contributed by atoms with Crippen molar-refractivity contribution < 1.29 is 0 Å². The summed E-state index contributed by atoms with van der Waals surface area (Å²) in [5, 5.41) is 3.79. The van der Waals surface area contributed by atoms with Gasteiger partial charge in [0.25, 0.3) is 0 Å². The maximum atomic E-state index is 5.49. The second kappa shape index (κ2) is 5.89. The second-order valence-electron chi connectivity index (χ2n) is 5.71. The van der Waals surface area contributed by atoms with Crippen LogP contribution in [0.25, 0.3) is 0 Å². The third kappa shape index (κ3) is 3.03. The van der Waals surface area contributed by atoms with Crippen LogP contribution < -0.4 is 5.32 Å². The summed E-state index contributed by atoms with van der Waals surface area (Å²) in [6.45, 7) is 5.79. The molecule has 1 aliphatic heterocycles. The monoisotopic (exact) mass is 234 g/mol. The van der Waals surface area contributed by atoms with Crippen molar-refractivity contribution in [3.8, 4) is 12.3 Å². The molecule has 1 unspecified atom stereocenters. The van der Waals surface area contributed by atoms with Crippen molar-refractivity contribution >= 4 is 0 Å². The molecule has 1 saturated heterocycles. The highest BCUT2D eigenvalue weighted by molar-refractivity contribution is 4.99. The molecule has 1 atom stereocenters. The van der Waals surface area contributed by atoms with Crippen LogP contribution in [-0.4, -0.2) is 36.1 Å². The molecule has 2 heteroatoms. The van der Waals surface area contributed by atoms with Gasteiger partial charge in [0.1, 0.15) is 0 Å². The predicted octanol–water partition coefficient (Wildman–Crippen LogP) is 2.40. The van der Waals surface area contributed by atoms with Crippen molar-refractivity contribution in [2.75, 3.05) is 19.6 Å². The minimum Gasteiger partial charge on any atom is -0.309 e. The van der Waals surface area contributed by atoms with Crippen LogP contribution >= 0.6 is 0 Å². The zero-order valence-electron chi connectivity index (χ0n) is 11.2. The SMILES string of the molecule is C#CCC(CC)N1CCNC2(CCCCC2)C1. The van der Waals surface area contributed by atoms with Gasteiger partial charge in [-0.1, -0.05) is 26.2 Å². The molecule has 2 fully saturated rings. The predicted molar refractivity (Wildman–Crippen MR) is 72.9 cm³/mol. The smallest absolute Gasteiger partial charge is 0.0309 e. The van der Waals surface area contributed by atoms with Crippen LogP contribution in [0.15, 0.2) is 0 Å². The molecule has 2 aliphatic rings. The zero-order chi connectivity index (χ0) is 12.1. The third-order valence-corrected chi connectivity index (χ3v) is 4.56. The number of hydrogen-bond donors (Lipinski definition) is 1. The first-order valence-corrected chi connectivity index (χ1v) is 7.22. The van der Waals surface area contributed by atoms with Gasteiger partial charge in [-0.25, -0.2) is 0 Å². The molecule has 1 N–H and O–H groups in total. The summed E-state index contributed by atoms with van der Waals surface area (Å²) < 4.78 is 0. The highest BCUT2D eigenvalue weighted by Gasteiger charge is 2.37. The van der Waals surface area contributed by atoms with E-state index in [9.17, 15) is 0 Å². The van der Waals surface area contributed by atoms with Crippen LogP contribution in [0.3, 0.4) is 0 Å². The van der Waals surface area contributed by atoms with Crippen LogP contribution in [0, 0.1) is 12.3 Å². The van der Waals surface area contributed by atoms with E-state index in [1.165, 1.54) is 51.6 Å². The normalized spacial score (nSPS) is 26.6. The minimum atomic E-state index is 0.415. The summed E-state index contributed by atoms with van der Waals surface area (Å²) in [5.74, 6) is 2.85. The van der Waals surface area contributed by atoms with Crippen LogP contribution in [0.2, 0.25) is 0 Å². The van der Waals surface area contributed by atoms with Gasteiger partial charge < -0.3 is 5.32 Å². The van der Waals surface area contributed by atoms with E-state index in [0.717, 1.165) is 13.0 Å². The van der Waals surface area contributed by atoms with Crippen molar-refractivity contribution in [3.05, 3.63) is 0 Å². The Bertz CT molecular complexity index is 268. The van der Waals surface area contributed by atoms with Crippen LogP contribution in [0.5, 0.6) is 0 Å². The van der Waals surface area contributed by atoms with E-state index in [0.29, 0.717) is 11.6 Å². The maximum absolute atomic E-state index is 5.49. The minimum absolute atomic E-state index is 0.415. The van der Waals surface area contributed by atoms with Gasteiger partial charge in [-0.15, -0.1) is 12.3 Å². The molecule has 1 heterocycles. The van der Waals surface area contributed by atoms with E-state index >= 15 is 0 Å². The molecule has 1 spiro atoms. The van der Waals surface area contributed by atoms with E-state index in [2.05, 4.69) is 23.1 Å². The molecular formula is C15H26N2. The van der Waals surface area contributed by atoms with Crippen LogP contribution in [0.1, 0.15) is 51.9 Å². The van der Waals surface area contributed by atoms with Crippen molar-refractivity contribution in [2.45, 2.75) is 63.5 Å². The molecule has 0 aromatic carbocycles. The van der Waals surface area contributed by atoms with Gasteiger partial charge in [-0.3, -0.25) is 4.90 Å². The lowest BCUT2D eigenvalue weighted by atomic mass is 9.79. The Morgan fingerprint density at radius 1 is 1.35 bits per heavy atom. The summed E-state index contributed by atoms with van der Waals surface area (Å²) in [6, 6.07) is 0.598. The van der Waals surface area contributed by atoms with Crippen molar-refractivity contribution in [1.82, 2.24) is 10.2 Å². The Balaban J connectivity index is 1.98. The quantitative estimate of drug-likeness (QED) is 0.754. The second-order valence-corrected chi connectivity index (χ2v) is 5.71. The van der Waals surface area contributed by atoms with Crippen molar-refractivity contribution in [2.24, 2.45) is 0 Å². The summed E-state index contributed by atoms with van der Waals surface area (Å²) in [7, 11) is 0. The first-order chi connectivity index (χ1) is 8.29. The number of hydrogen-bond acceptors (Lipinski definition) is 2. The summed E-state index contributed by atoms with van der Waals surface area (Å²) in [6.07, 6.45) is 14.5. The fourth-order valence-corrected chi connectivity index (χ4v) is 3.53. The molecule has 1 saturated carbocycles. The van der Waals surface area contributed by atoms with Gasteiger partial charge in [0, 0.05) is 37.6 Å². The summed E-state index contributed by atoms with van der Waals surface area (Å²) in [5.41, 5.74) is 0.415. The number of rotatable bonds is 3. The molecule has 0 aromatic heterocycles. The molecular weight excluding hydrogens is 208 g/mol. The first kappa shape index (κ1) is 12.9. The lowest BCUT2D eigenvalue weighted by Gasteiger charge is -2.48. The number of nitrogens with zero attached hydrogens (tertiary/aromatic N) is 1. The molecule has 0 aromatic rings. The fourth-order valence-electron chi connectivity index (χ4n) is 3.53. The Hall–Kier alpha value is -0.520.